The summed E-state index contributed by atoms with van der Waals surface area (Å²) < 4.78 is 9.26. The number of fused-ring (bicyclic) bond motifs is 9. The molecule has 12 rings (SSSR count). The molecule has 1 N–H and O–H groups in total. The van der Waals surface area contributed by atoms with E-state index in [2.05, 4.69) is 155 Å². The number of amidine groups is 2. The molecular weight excluding hydrogens is 697 g/mol. The van der Waals surface area contributed by atoms with Crippen molar-refractivity contribution in [3.05, 3.63) is 210 Å². The van der Waals surface area contributed by atoms with Crippen molar-refractivity contribution in [2.45, 2.75) is 12.6 Å². The van der Waals surface area contributed by atoms with E-state index in [4.69, 9.17) is 14.4 Å². The van der Waals surface area contributed by atoms with Crippen LogP contribution >= 0.6 is 0 Å². The molecule has 5 heteroatoms. The first kappa shape index (κ1) is 31.8. The Morgan fingerprint density at radius 1 is 0.544 bits per heavy atom. The summed E-state index contributed by atoms with van der Waals surface area (Å²) in [6.45, 7) is 0. The third-order valence-corrected chi connectivity index (χ3v) is 11.7. The van der Waals surface area contributed by atoms with Crippen molar-refractivity contribution in [3.8, 4) is 27.9 Å². The van der Waals surface area contributed by atoms with Gasteiger partial charge >= 0.3 is 0 Å². The second-order valence-corrected chi connectivity index (χ2v) is 14.9. The molecule has 5 nitrogen and oxygen atoms in total. The number of nitrogens with zero attached hydrogens (tertiary/aromatic N) is 3. The second kappa shape index (κ2) is 12.5. The summed E-state index contributed by atoms with van der Waals surface area (Å²) in [6, 6.07) is 64.5. The van der Waals surface area contributed by atoms with Crippen molar-refractivity contribution in [2.24, 2.45) is 9.98 Å². The molecular formula is C52H34N4O. The summed E-state index contributed by atoms with van der Waals surface area (Å²) in [7, 11) is 0. The Labute approximate surface area is 328 Å². The van der Waals surface area contributed by atoms with Gasteiger partial charge in [-0.15, -0.1) is 0 Å². The van der Waals surface area contributed by atoms with Gasteiger partial charge in [0.1, 0.15) is 23.2 Å². The van der Waals surface area contributed by atoms with Crippen LogP contribution in [0.5, 0.6) is 0 Å². The summed E-state index contributed by atoms with van der Waals surface area (Å²) >= 11 is 0. The van der Waals surface area contributed by atoms with E-state index < -0.39 is 0 Å². The fourth-order valence-corrected chi connectivity index (χ4v) is 9.14. The predicted molar refractivity (Wildman–Crippen MR) is 234 cm³/mol. The summed E-state index contributed by atoms with van der Waals surface area (Å²) in [5, 5.41) is 8.32. The van der Waals surface area contributed by atoms with Gasteiger partial charge in [-0.2, -0.15) is 0 Å². The first-order chi connectivity index (χ1) is 28.3. The zero-order valence-electron chi connectivity index (χ0n) is 30.9. The van der Waals surface area contributed by atoms with Crippen LogP contribution in [0.3, 0.4) is 0 Å². The Bertz CT molecular complexity index is 3240. The standard InChI is InChI=1S/C52H34N4O/c1-3-14-32(15-4-1)50-53-51(33-16-5-2-6-17-33)55-52(54-50)35-28-29-47-43(31-35)41-24-12-23-40(49(41)57-47)38-21-11-18-34-30-42-39(48(34)38)22-13-27-46(42)56-44-25-9-7-19-36(44)37-20-8-10-26-45(37)56/h1-29,31,52H,30H2,(H,53,54,55). The smallest absolute Gasteiger partial charge is 0.159 e. The quantitative estimate of drug-likeness (QED) is 0.192. The highest BCUT2D eigenvalue weighted by Gasteiger charge is 2.28. The lowest BCUT2D eigenvalue weighted by molar-refractivity contribution is 0.664. The van der Waals surface area contributed by atoms with Gasteiger partial charge in [-0.3, -0.25) is 0 Å². The van der Waals surface area contributed by atoms with E-state index in [-0.39, 0.29) is 6.17 Å². The van der Waals surface area contributed by atoms with Crippen molar-refractivity contribution in [1.82, 2.24) is 9.88 Å². The van der Waals surface area contributed by atoms with Gasteiger partial charge in [-0.1, -0.05) is 152 Å². The highest BCUT2D eigenvalue weighted by atomic mass is 16.3. The molecule has 0 saturated heterocycles. The average molecular weight is 731 g/mol. The van der Waals surface area contributed by atoms with Crippen molar-refractivity contribution < 1.29 is 4.42 Å². The monoisotopic (exact) mass is 730 g/mol. The molecule has 3 heterocycles. The first-order valence-corrected chi connectivity index (χ1v) is 19.5. The molecule has 0 radical (unpaired) electrons. The zero-order chi connectivity index (χ0) is 37.5. The van der Waals surface area contributed by atoms with Gasteiger partial charge in [-0.25, -0.2) is 9.98 Å². The maximum absolute atomic E-state index is 6.80. The molecule has 0 saturated carbocycles. The number of aliphatic imine (C=N–C) groups is 2. The van der Waals surface area contributed by atoms with E-state index in [0.29, 0.717) is 5.84 Å². The number of para-hydroxylation sites is 3. The van der Waals surface area contributed by atoms with Crippen molar-refractivity contribution >= 4 is 55.4 Å². The van der Waals surface area contributed by atoms with E-state index in [1.54, 1.807) is 0 Å². The molecule has 0 bridgehead atoms. The van der Waals surface area contributed by atoms with Crippen LogP contribution in [-0.4, -0.2) is 16.2 Å². The second-order valence-electron chi connectivity index (χ2n) is 14.9. The molecule has 57 heavy (non-hydrogen) atoms. The minimum atomic E-state index is -0.330. The minimum absolute atomic E-state index is 0.330. The molecule has 8 aromatic carbocycles. The van der Waals surface area contributed by atoms with Crippen molar-refractivity contribution in [1.29, 1.82) is 0 Å². The fraction of sp³-hybridized carbons (Fsp3) is 0.0385. The molecule has 1 aliphatic carbocycles. The number of rotatable bonds is 5. The molecule has 2 aliphatic rings. The Kier molecular flexibility index (Phi) is 6.99. The largest absolute Gasteiger partial charge is 0.455 e. The normalized spacial score (nSPS) is 14.8. The molecule has 1 atom stereocenters. The van der Waals surface area contributed by atoms with E-state index in [1.807, 2.05) is 36.4 Å². The van der Waals surface area contributed by atoms with E-state index in [9.17, 15) is 0 Å². The van der Waals surface area contributed by atoms with Gasteiger partial charge in [0.2, 0.25) is 0 Å². The number of nitrogens with one attached hydrogen (secondary N) is 1. The number of furan rings is 1. The van der Waals surface area contributed by atoms with Gasteiger partial charge in [0.05, 0.1) is 16.7 Å². The van der Waals surface area contributed by atoms with Gasteiger partial charge in [0, 0.05) is 44.7 Å². The fourth-order valence-electron chi connectivity index (χ4n) is 9.14. The third-order valence-electron chi connectivity index (χ3n) is 11.7. The Morgan fingerprint density at radius 3 is 1.98 bits per heavy atom. The molecule has 2 aromatic heterocycles. The van der Waals surface area contributed by atoms with Crippen LogP contribution in [0.25, 0.3) is 71.7 Å². The Balaban J connectivity index is 0.980. The van der Waals surface area contributed by atoms with Crippen molar-refractivity contribution in [2.75, 3.05) is 0 Å². The maximum atomic E-state index is 6.80. The number of benzene rings is 8. The van der Waals surface area contributed by atoms with E-state index in [1.165, 1.54) is 55.3 Å². The molecule has 0 spiro atoms. The van der Waals surface area contributed by atoms with E-state index >= 15 is 0 Å². The lowest BCUT2D eigenvalue weighted by Crippen LogP contribution is -2.33. The molecule has 10 aromatic rings. The Morgan fingerprint density at radius 2 is 1.19 bits per heavy atom. The Hall–Kier alpha value is -7.50. The molecule has 1 aliphatic heterocycles. The van der Waals surface area contributed by atoms with Gasteiger partial charge in [-0.05, 0) is 63.7 Å². The number of aromatic nitrogens is 1. The lowest BCUT2D eigenvalue weighted by atomic mass is 9.93. The van der Waals surface area contributed by atoms with Crippen LogP contribution in [0.15, 0.2) is 196 Å². The van der Waals surface area contributed by atoms with Crippen molar-refractivity contribution in [3.63, 3.8) is 0 Å². The third kappa shape index (κ3) is 4.95. The summed E-state index contributed by atoms with van der Waals surface area (Å²) in [6.07, 6.45) is 0.534. The SMILES string of the molecule is c1ccc(C2=NC(c3ccc4oc5c(-c6cccc7c6-c6cccc(-n8c9ccccc9c9ccccc98)c6C7)cccc5c4c3)NC(c3ccccc3)=N2)cc1. The van der Waals surface area contributed by atoms with Crippen LogP contribution in [0.2, 0.25) is 0 Å². The average Bonchev–Trinajstić information content (AvgIpc) is 3.96. The van der Waals surface area contributed by atoms with Gasteiger partial charge in [0.25, 0.3) is 0 Å². The lowest BCUT2D eigenvalue weighted by Gasteiger charge is -2.23. The topological polar surface area (TPSA) is 54.8 Å². The first-order valence-electron chi connectivity index (χ1n) is 19.5. The number of hydrogen-bond donors (Lipinski definition) is 1. The van der Waals surface area contributed by atoms with Crippen LogP contribution in [0.4, 0.5) is 0 Å². The van der Waals surface area contributed by atoms with Gasteiger partial charge < -0.3 is 14.3 Å². The number of hydrogen-bond acceptors (Lipinski definition) is 4. The minimum Gasteiger partial charge on any atom is -0.455 e. The van der Waals surface area contributed by atoms with Gasteiger partial charge in [0.15, 0.2) is 5.84 Å². The molecule has 268 valence electrons. The summed E-state index contributed by atoms with van der Waals surface area (Å²) in [4.78, 5) is 10.1. The highest BCUT2D eigenvalue weighted by molar-refractivity contribution is 6.14. The summed E-state index contributed by atoms with van der Waals surface area (Å²) in [5.74, 6) is 1.51. The van der Waals surface area contributed by atoms with Crippen LogP contribution in [0.1, 0.15) is 34.0 Å². The van der Waals surface area contributed by atoms with Crippen LogP contribution < -0.4 is 5.32 Å². The molecule has 0 fully saturated rings. The van der Waals surface area contributed by atoms with Crippen LogP contribution in [0, 0.1) is 0 Å². The highest BCUT2D eigenvalue weighted by Crippen LogP contribution is 2.48. The predicted octanol–water partition coefficient (Wildman–Crippen LogP) is 12.4. The molecule has 0 amide bonds. The summed E-state index contributed by atoms with van der Waals surface area (Å²) in [5.41, 5.74) is 16.0. The maximum Gasteiger partial charge on any atom is 0.159 e. The zero-order valence-corrected chi connectivity index (χ0v) is 30.9. The van der Waals surface area contributed by atoms with Crippen LogP contribution in [-0.2, 0) is 6.42 Å². The molecule has 1 unspecified atom stereocenters. The van der Waals surface area contributed by atoms with E-state index in [0.717, 1.165) is 56.4 Å².